The molecule has 0 spiro atoms. The number of hydrogen-bond acceptors (Lipinski definition) is 4. The lowest BCUT2D eigenvalue weighted by atomic mass is 10.1. The fraction of sp³-hybridized carbons (Fsp3) is 0.476. The normalized spacial score (nSPS) is 10.8. The maximum atomic E-state index is 12.1. The molecule has 2 aromatic rings. The van der Waals surface area contributed by atoms with E-state index in [9.17, 15) is 9.59 Å². The van der Waals surface area contributed by atoms with Gasteiger partial charge in [0, 0.05) is 12.2 Å². The van der Waals surface area contributed by atoms with Gasteiger partial charge in [0.1, 0.15) is 12.3 Å². The number of alkyl carbamates (subject to hydrolysis) is 1. The van der Waals surface area contributed by atoms with Gasteiger partial charge in [-0.1, -0.05) is 44.2 Å². The fourth-order valence-electron chi connectivity index (χ4n) is 2.78. The SMILES string of the molecule is Cc1nc(CC(C)C)c(=O)[nH]c1CCCCNC(=O)OCc1ccccc1. The molecule has 27 heavy (non-hydrogen) atoms. The number of aromatic nitrogens is 2. The smallest absolute Gasteiger partial charge is 0.407 e. The summed E-state index contributed by atoms with van der Waals surface area (Å²) in [5.74, 6) is 0.400. The molecule has 0 saturated carbocycles. The number of amides is 1. The quantitative estimate of drug-likeness (QED) is 0.661. The van der Waals surface area contributed by atoms with Crippen LogP contribution in [0.3, 0.4) is 0 Å². The number of nitrogens with one attached hydrogen (secondary N) is 2. The highest BCUT2D eigenvalue weighted by atomic mass is 16.5. The number of aryl methyl sites for hydroxylation is 2. The van der Waals surface area contributed by atoms with Crippen LogP contribution in [0, 0.1) is 12.8 Å². The van der Waals surface area contributed by atoms with Crippen LogP contribution < -0.4 is 10.9 Å². The number of carbonyl (C=O) groups excluding carboxylic acids is 1. The number of aromatic amines is 1. The molecule has 1 heterocycles. The zero-order chi connectivity index (χ0) is 19.6. The monoisotopic (exact) mass is 371 g/mol. The molecular formula is C21H29N3O3. The van der Waals surface area contributed by atoms with Crippen LogP contribution in [-0.2, 0) is 24.2 Å². The first-order valence-electron chi connectivity index (χ1n) is 9.49. The summed E-state index contributed by atoms with van der Waals surface area (Å²) in [5.41, 5.74) is 3.22. The van der Waals surface area contributed by atoms with Gasteiger partial charge >= 0.3 is 6.09 Å². The van der Waals surface area contributed by atoms with Gasteiger partial charge in [0.15, 0.2) is 0 Å². The standard InChI is InChI=1S/C21H29N3O3/c1-15(2)13-19-20(25)24-18(16(3)23-19)11-7-8-12-22-21(26)27-14-17-9-5-4-6-10-17/h4-6,9-10,15H,7-8,11-14H2,1-3H3,(H,22,26)(H,24,25). The second-order valence-corrected chi connectivity index (χ2v) is 7.12. The Labute approximate surface area is 160 Å². The summed E-state index contributed by atoms with van der Waals surface area (Å²) in [7, 11) is 0. The summed E-state index contributed by atoms with van der Waals surface area (Å²) in [6.07, 6.45) is 2.65. The molecule has 0 aliphatic heterocycles. The third kappa shape index (κ3) is 7.25. The highest BCUT2D eigenvalue weighted by Gasteiger charge is 2.09. The Morgan fingerprint density at radius 3 is 2.67 bits per heavy atom. The molecule has 0 aliphatic rings. The van der Waals surface area contributed by atoms with Crippen molar-refractivity contribution in [1.29, 1.82) is 0 Å². The Morgan fingerprint density at radius 2 is 1.96 bits per heavy atom. The minimum Gasteiger partial charge on any atom is -0.445 e. The molecule has 6 nitrogen and oxygen atoms in total. The van der Waals surface area contributed by atoms with E-state index in [4.69, 9.17) is 4.74 Å². The van der Waals surface area contributed by atoms with Crippen molar-refractivity contribution in [2.75, 3.05) is 6.54 Å². The third-order valence-corrected chi connectivity index (χ3v) is 4.20. The van der Waals surface area contributed by atoms with Gasteiger partial charge in [0.05, 0.1) is 5.69 Å². The molecule has 0 fully saturated rings. The molecule has 0 atom stereocenters. The van der Waals surface area contributed by atoms with E-state index < -0.39 is 6.09 Å². The Kier molecular flexibility index (Phi) is 8.04. The molecule has 0 unspecified atom stereocenters. The Morgan fingerprint density at radius 1 is 1.22 bits per heavy atom. The first kappa shape index (κ1) is 20.7. The van der Waals surface area contributed by atoms with Crippen molar-refractivity contribution in [3.8, 4) is 0 Å². The van der Waals surface area contributed by atoms with E-state index in [0.29, 0.717) is 24.6 Å². The molecule has 0 saturated heterocycles. The lowest BCUT2D eigenvalue weighted by Crippen LogP contribution is -2.25. The summed E-state index contributed by atoms with van der Waals surface area (Å²) >= 11 is 0. The molecular weight excluding hydrogens is 342 g/mol. The van der Waals surface area contributed by atoms with Crippen LogP contribution in [0.25, 0.3) is 0 Å². The van der Waals surface area contributed by atoms with Crippen LogP contribution in [0.2, 0.25) is 0 Å². The van der Waals surface area contributed by atoms with Gasteiger partial charge in [-0.05, 0) is 44.1 Å². The summed E-state index contributed by atoms with van der Waals surface area (Å²) in [6, 6.07) is 9.57. The van der Waals surface area contributed by atoms with E-state index in [-0.39, 0.29) is 12.2 Å². The predicted molar refractivity (Wildman–Crippen MR) is 106 cm³/mol. The zero-order valence-electron chi connectivity index (χ0n) is 16.4. The average molecular weight is 371 g/mol. The maximum absolute atomic E-state index is 12.1. The number of benzene rings is 1. The summed E-state index contributed by atoms with van der Waals surface area (Å²) in [5, 5.41) is 2.75. The average Bonchev–Trinajstić information content (AvgIpc) is 2.64. The van der Waals surface area contributed by atoms with Crippen LogP contribution in [0.4, 0.5) is 4.79 Å². The molecule has 2 N–H and O–H groups in total. The number of nitrogens with zero attached hydrogens (tertiary/aromatic N) is 1. The highest BCUT2D eigenvalue weighted by Crippen LogP contribution is 2.07. The third-order valence-electron chi connectivity index (χ3n) is 4.20. The Balaban J connectivity index is 1.68. The van der Waals surface area contributed by atoms with Crippen molar-refractivity contribution in [1.82, 2.24) is 15.3 Å². The maximum Gasteiger partial charge on any atom is 0.407 e. The second kappa shape index (κ2) is 10.5. The van der Waals surface area contributed by atoms with E-state index in [1.807, 2.05) is 37.3 Å². The van der Waals surface area contributed by atoms with Crippen molar-refractivity contribution in [3.63, 3.8) is 0 Å². The number of H-pyrrole nitrogens is 1. The predicted octanol–water partition coefficient (Wildman–Crippen LogP) is 3.53. The zero-order valence-corrected chi connectivity index (χ0v) is 16.4. The Hall–Kier alpha value is -2.63. The van der Waals surface area contributed by atoms with Gasteiger partial charge in [-0.15, -0.1) is 0 Å². The van der Waals surface area contributed by atoms with Gasteiger partial charge in [-0.3, -0.25) is 9.78 Å². The number of carbonyl (C=O) groups is 1. The molecule has 1 aromatic carbocycles. The van der Waals surface area contributed by atoms with Gasteiger partial charge in [-0.2, -0.15) is 0 Å². The van der Waals surface area contributed by atoms with Crippen LogP contribution in [-0.4, -0.2) is 22.6 Å². The molecule has 0 aliphatic carbocycles. The number of rotatable bonds is 9. The van der Waals surface area contributed by atoms with Gasteiger partial charge in [0.2, 0.25) is 0 Å². The first-order chi connectivity index (χ1) is 13.0. The Bertz CT molecular complexity index is 785. The number of hydrogen-bond donors (Lipinski definition) is 2. The van der Waals surface area contributed by atoms with E-state index in [1.54, 1.807) is 0 Å². The first-order valence-corrected chi connectivity index (χ1v) is 9.49. The number of ether oxygens (including phenoxy) is 1. The number of unbranched alkanes of at least 4 members (excludes halogenated alkanes) is 1. The second-order valence-electron chi connectivity index (χ2n) is 7.12. The van der Waals surface area contributed by atoms with Crippen LogP contribution in [0.15, 0.2) is 35.1 Å². The van der Waals surface area contributed by atoms with E-state index in [1.165, 1.54) is 0 Å². The van der Waals surface area contributed by atoms with E-state index in [2.05, 4.69) is 29.1 Å². The lowest BCUT2D eigenvalue weighted by molar-refractivity contribution is 0.139. The minimum atomic E-state index is -0.414. The van der Waals surface area contributed by atoms with Crippen molar-refractivity contribution in [3.05, 3.63) is 63.3 Å². The molecule has 146 valence electrons. The van der Waals surface area contributed by atoms with E-state index in [0.717, 1.165) is 36.2 Å². The highest BCUT2D eigenvalue weighted by molar-refractivity contribution is 5.67. The molecule has 6 heteroatoms. The van der Waals surface area contributed by atoms with Crippen LogP contribution in [0.1, 0.15) is 49.3 Å². The largest absolute Gasteiger partial charge is 0.445 e. The molecule has 1 aromatic heterocycles. The molecule has 0 radical (unpaired) electrons. The molecule has 2 rings (SSSR count). The molecule has 0 bridgehead atoms. The fourth-order valence-corrected chi connectivity index (χ4v) is 2.78. The topological polar surface area (TPSA) is 84.1 Å². The summed E-state index contributed by atoms with van der Waals surface area (Å²) < 4.78 is 5.16. The van der Waals surface area contributed by atoms with Gasteiger partial charge in [0.25, 0.3) is 5.56 Å². The van der Waals surface area contributed by atoms with Crippen LogP contribution >= 0.6 is 0 Å². The van der Waals surface area contributed by atoms with E-state index >= 15 is 0 Å². The van der Waals surface area contributed by atoms with Crippen molar-refractivity contribution in [2.24, 2.45) is 5.92 Å². The minimum absolute atomic E-state index is 0.0908. The van der Waals surface area contributed by atoms with Crippen molar-refractivity contribution >= 4 is 6.09 Å². The van der Waals surface area contributed by atoms with Crippen molar-refractivity contribution in [2.45, 2.75) is 53.1 Å². The van der Waals surface area contributed by atoms with Crippen molar-refractivity contribution < 1.29 is 9.53 Å². The summed E-state index contributed by atoms with van der Waals surface area (Å²) in [6.45, 7) is 6.87. The molecule has 1 amide bonds. The van der Waals surface area contributed by atoms with Crippen LogP contribution in [0.5, 0.6) is 0 Å². The van der Waals surface area contributed by atoms with Gasteiger partial charge in [-0.25, -0.2) is 4.79 Å². The lowest BCUT2D eigenvalue weighted by Gasteiger charge is -2.09. The van der Waals surface area contributed by atoms with Gasteiger partial charge < -0.3 is 15.0 Å². The summed E-state index contributed by atoms with van der Waals surface area (Å²) in [4.78, 5) is 31.2.